The van der Waals surface area contributed by atoms with Gasteiger partial charge in [-0.1, -0.05) is 24.3 Å². The second-order valence-electron chi connectivity index (χ2n) is 7.68. The van der Waals surface area contributed by atoms with Crippen LogP contribution in [-0.4, -0.2) is 33.3 Å². The molecule has 156 valence electrons. The maximum Gasteiger partial charge on any atom is 0.272 e. The number of pyridine rings is 1. The minimum atomic E-state index is -0.321. The van der Waals surface area contributed by atoms with Gasteiger partial charge in [-0.25, -0.2) is 4.39 Å². The number of amides is 1. The maximum atomic E-state index is 13.8. The minimum Gasteiger partial charge on any atom is -0.346 e. The average Bonchev–Trinajstić information content (AvgIpc) is 3.10. The van der Waals surface area contributed by atoms with Crippen molar-refractivity contribution in [2.75, 3.05) is 6.54 Å². The topological polar surface area (TPSA) is 71.8 Å². The molecule has 0 bridgehead atoms. The second kappa shape index (κ2) is 9.17. The number of rotatable bonds is 7. The van der Waals surface area contributed by atoms with Crippen molar-refractivity contribution in [2.45, 2.75) is 38.3 Å². The quantitative estimate of drug-likeness (QED) is 0.632. The largest absolute Gasteiger partial charge is 0.346 e. The first-order chi connectivity index (χ1) is 14.6. The number of aromatic nitrogens is 3. The van der Waals surface area contributed by atoms with Crippen molar-refractivity contribution in [3.8, 4) is 0 Å². The van der Waals surface area contributed by atoms with Crippen LogP contribution in [0.5, 0.6) is 0 Å². The number of aryl methyl sites for hydroxylation is 1. The average molecular weight is 407 g/mol. The molecule has 0 radical (unpaired) electrons. The van der Waals surface area contributed by atoms with E-state index in [2.05, 4.69) is 26.8 Å². The van der Waals surface area contributed by atoms with Gasteiger partial charge in [0.25, 0.3) is 5.91 Å². The molecule has 1 aromatic carbocycles. The lowest BCUT2D eigenvalue weighted by Crippen LogP contribution is -2.36. The van der Waals surface area contributed by atoms with Gasteiger partial charge in [-0.15, -0.1) is 0 Å². The van der Waals surface area contributed by atoms with E-state index in [-0.39, 0.29) is 18.3 Å². The third kappa shape index (κ3) is 4.57. The number of benzene rings is 1. The van der Waals surface area contributed by atoms with Crippen molar-refractivity contribution >= 4 is 5.91 Å². The standard InChI is InChI=1S/C23H26FN5O/c1-29-21-9-8-18(26-12-10-16-5-4-11-25-14-16)13-19(21)22(28-29)23(30)27-15-17-6-2-3-7-20(17)24/h2-7,11,14,18,26H,8-10,12-13,15H2,1H3,(H,27,30)/t18-/m0/s1. The van der Waals surface area contributed by atoms with Crippen LogP contribution in [0.15, 0.2) is 48.8 Å². The maximum absolute atomic E-state index is 13.8. The lowest BCUT2D eigenvalue weighted by atomic mass is 9.91. The van der Waals surface area contributed by atoms with E-state index in [1.807, 2.05) is 19.3 Å². The van der Waals surface area contributed by atoms with E-state index in [0.29, 0.717) is 17.3 Å². The molecular weight excluding hydrogens is 381 g/mol. The molecule has 0 saturated carbocycles. The zero-order valence-corrected chi connectivity index (χ0v) is 17.1. The number of carbonyl (C=O) groups excluding carboxylic acids is 1. The number of hydrogen-bond acceptors (Lipinski definition) is 4. The normalized spacial score (nSPS) is 15.6. The Hall–Kier alpha value is -3.06. The van der Waals surface area contributed by atoms with Crippen LogP contribution in [-0.2, 0) is 32.9 Å². The molecule has 30 heavy (non-hydrogen) atoms. The highest BCUT2D eigenvalue weighted by atomic mass is 19.1. The van der Waals surface area contributed by atoms with E-state index in [4.69, 9.17) is 0 Å². The fourth-order valence-electron chi connectivity index (χ4n) is 4.01. The van der Waals surface area contributed by atoms with Crippen molar-refractivity contribution in [1.29, 1.82) is 0 Å². The van der Waals surface area contributed by atoms with Gasteiger partial charge >= 0.3 is 0 Å². The Morgan fingerprint density at radius 3 is 2.93 bits per heavy atom. The fraction of sp³-hybridized carbons (Fsp3) is 0.348. The minimum absolute atomic E-state index is 0.143. The van der Waals surface area contributed by atoms with E-state index in [1.54, 1.807) is 29.1 Å². The molecule has 0 aliphatic heterocycles. The third-order valence-corrected chi connectivity index (χ3v) is 5.64. The SMILES string of the molecule is Cn1nc(C(=O)NCc2ccccc2F)c2c1CC[C@H](NCCc1cccnc1)C2. The molecule has 2 aromatic heterocycles. The first-order valence-corrected chi connectivity index (χ1v) is 10.3. The zero-order chi connectivity index (χ0) is 20.9. The Labute approximate surface area is 175 Å². The highest BCUT2D eigenvalue weighted by molar-refractivity contribution is 5.94. The number of fused-ring (bicyclic) bond motifs is 1. The molecule has 0 spiro atoms. The molecule has 2 N–H and O–H groups in total. The predicted octanol–water partition coefficient (Wildman–Crippen LogP) is 2.57. The number of nitrogens with one attached hydrogen (secondary N) is 2. The molecule has 0 unspecified atom stereocenters. The molecule has 1 aliphatic rings. The first kappa shape index (κ1) is 20.2. The molecule has 1 atom stereocenters. The van der Waals surface area contributed by atoms with Crippen LogP contribution in [0, 0.1) is 5.82 Å². The molecular formula is C23H26FN5O. The van der Waals surface area contributed by atoms with Crippen LogP contribution in [0.25, 0.3) is 0 Å². The number of halogens is 1. The Morgan fingerprint density at radius 1 is 1.27 bits per heavy atom. The van der Waals surface area contributed by atoms with Gasteiger partial charge in [0.15, 0.2) is 5.69 Å². The summed E-state index contributed by atoms with van der Waals surface area (Å²) in [7, 11) is 1.88. The molecule has 0 saturated heterocycles. The summed E-state index contributed by atoms with van der Waals surface area (Å²) in [6.45, 7) is 1.00. The van der Waals surface area contributed by atoms with Gasteiger partial charge in [0.2, 0.25) is 0 Å². The highest BCUT2D eigenvalue weighted by Gasteiger charge is 2.28. The molecule has 7 heteroatoms. The van der Waals surface area contributed by atoms with Crippen molar-refractivity contribution in [2.24, 2.45) is 7.05 Å². The Bertz CT molecular complexity index is 1020. The van der Waals surface area contributed by atoms with E-state index < -0.39 is 0 Å². The van der Waals surface area contributed by atoms with Crippen LogP contribution >= 0.6 is 0 Å². The van der Waals surface area contributed by atoms with Crippen molar-refractivity contribution in [1.82, 2.24) is 25.4 Å². The number of hydrogen-bond donors (Lipinski definition) is 2. The van der Waals surface area contributed by atoms with Gasteiger partial charge in [-0.05, 0) is 49.9 Å². The molecule has 4 rings (SSSR count). The molecule has 3 aromatic rings. The van der Waals surface area contributed by atoms with Crippen LogP contribution in [0.1, 0.15) is 39.3 Å². The third-order valence-electron chi connectivity index (χ3n) is 5.64. The van der Waals surface area contributed by atoms with Crippen LogP contribution in [0.3, 0.4) is 0 Å². The predicted molar refractivity (Wildman–Crippen MR) is 113 cm³/mol. The van der Waals surface area contributed by atoms with Crippen molar-refractivity contribution in [3.63, 3.8) is 0 Å². The summed E-state index contributed by atoms with van der Waals surface area (Å²) in [6, 6.07) is 10.8. The van der Waals surface area contributed by atoms with Crippen LogP contribution in [0.4, 0.5) is 4.39 Å². The molecule has 0 fully saturated rings. The zero-order valence-electron chi connectivity index (χ0n) is 17.1. The monoisotopic (exact) mass is 407 g/mol. The summed E-state index contributed by atoms with van der Waals surface area (Å²) in [5.74, 6) is -0.579. The van der Waals surface area contributed by atoms with Gasteiger partial charge in [-0.3, -0.25) is 14.5 Å². The lowest BCUT2D eigenvalue weighted by molar-refractivity contribution is 0.0943. The van der Waals surface area contributed by atoms with E-state index in [9.17, 15) is 9.18 Å². The molecule has 1 amide bonds. The van der Waals surface area contributed by atoms with Gasteiger partial charge in [0.1, 0.15) is 5.82 Å². The van der Waals surface area contributed by atoms with Gasteiger partial charge in [0.05, 0.1) is 0 Å². The first-order valence-electron chi connectivity index (χ1n) is 10.3. The van der Waals surface area contributed by atoms with E-state index in [0.717, 1.165) is 43.5 Å². The lowest BCUT2D eigenvalue weighted by Gasteiger charge is -2.24. The summed E-state index contributed by atoms with van der Waals surface area (Å²) >= 11 is 0. The Morgan fingerprint density at radius 2 is 2.13 bits per heavy atom. The number of carbonyl (C=O) groups is 1. The summed E-state index contributed by atoms with van der Waals surface area (Å²) in [5.41, 5.74) is 4.22. The summed E-state index contributed by atoms with van der Waals surface area (Å²) < 4.78 is 15.6. The van der Waals surface area contributed by atoms with Crippen LogP contribution < -0.4 is 10.6 Å². The Balaban J connectivity index is 1.38. The molecule has 6 nitrogen and oxygen atoms in total. The smallest absolute Gasteiger partial charge is 0.272 e. The summed E-state index contributed by atoms with van der Waals surface area (Å²) in [4.78, 5) is 16.9. The second-order valence-corrected chi connectivity index (χ2v) is 7.68. The molecule has 2 heterocycles. The van der Waals surface area contributed by atoms with Crippen LogP contribution in [0.2, 0.25) is 0 Å². The molecule has 1 aliphatic carbocycles. The number of nitrogens with zero attached hydrogens (tertiary/aromatic N) is 3. The van der Waals surface area contributed by atoms with Gasteiger partial charge in [-0.2, -0.15) is 5.10 Å². The fourth-order valence-corrected chi connectivity index (χ4v) is 4.01. The summed E-state index contributed by atoms with van der Waals surface area (Å²) in [5, 5.41) is 10.9. The van der Waals surface area contributed by atoms with Crippen molar-refractivity contribution in [3.05, 3.63) is 82.7 Å². The van der Waals surface area contributed by atoms with E-state index >= 15 is 0 Å². The van der Waals surface area contributed by atoms with Gasteiger partial charge in [0, 0.05) is 48.8 Å². The van der Waals surface area contributed by atoms with E-state index in [1.165, 1.54) is 11.6 Å². The van der Waals surface area contributed by atoms with Gasteiger partial charge < -0.3 is 10.6 Å². The summed E-state index contributed by atoms with van der Waals surface area (Å²) in [6.07, 6.45) is 7.24. The Kier molecular flexibility index (Phi) is 6.18. The highest BCUT2D eigenvalue weighted by Crippen LogP contribution is 2.24. The van der Waals surface area contributed by atoms with Crippen molar-refractivity contribution < 1.29 is 9.18 Å².